The third-order valence-corrected chi connectivity index (χ3v) is 3.36. The molecule has 0 spiro atoms. The van der Waals surface area contributed by atoms with E-state index in [1.54, 1.807) is 18.3 Å². The van der Waals surface area contributed by atoms with Crippen LogP contribution >= 0.6 is 11.6 Å². The highest BCUT2D eigenvalue weighted by Gasteiger charge is 2.13. The van der Waals surface area contributed by atoms with E-state index in [0.717, 1.165) is 25.9 Å². The van der Waals surface area contributed by atoms with Crippen molar-refractivity contribution in [3.05, 3.63) is 41.1 Å². The third kappa shape index (κ3) is 4.55. The van der Waals surface area contributed by atoms with Gasteiger partial charge in [-0.1, -0.05) is 31.5 Å². The van der Waals surface area contributed by atoms with E-state index < -0.39 is 5.82 Å². The van der Waals surface area contributed by atoms with Crippen molar-refractivity contribution < 1.29 is 8.81 Å². The number of hydrogen-bond donors (Lipinski definition) is 1. The molecule has 1 N–H and O–H groups in total. The maximum absolute atomic E-state index is 13.9. The summed E-state index contributed by atoms with van der Waals surface area (Å²) in [6.45, 7) is 6.27. The predicted molar refractivity (Wildman–Crippen MR) is 82.9 cm³/mol. The van der Waals surface area contributed by atoms with Crippen molar-refractivity contribution >= 4 is 11.6 Å². The van der Waals surface area contributed by atoms with Gasteiger partial charge in [-0.25, -0.2) is 9.37 Å². The molecule has 0 aliphatic heterocycles. The molecule has 0 fully saturated rings. The molecule has 5 heteroatoms. The van der Waals surface area contributed by atoms with Crippen molar-refractivity contribution in [1.82, 2.24) is 10.3 Å². The maximum Gasteiger partial charge on any atom is 0.194 e. The molecule has 0 saturated carbocycles. The van der Waals surface area contributed by atoms with E-state index in [2.05, 4.69) is 24.1 Å². The number of nitrogens with one attached hydrogen (secondary N) is 1. The Bertz CT molecular complexity index is 583. The van der Waals surface area contributed by atoms with Gasteiger partial charge >= 0.3 is 0 Å². The number of halogens is 2. The van der Waals surface area contributed by atoms with Gasteiger partial charge in [0.2, 0.25) is 0 Å². The molecule has 0 amide bonds. The van der Waals surface area contributed by atoms with Gasteiger partial charge in [-0.15, -0.1) is 0 Å². The minimum Gasteiger partial charge on any atom is -0.441 e. The third-order valence-electron chi connectivity index (χ3n) is 3.07. The molecule has 0 aliphatic carbocycles. The van der Waals surface area contributed by atoms with Crippen LogP contribution in [0.25, 0.3) is 11.3 Å². The van der Waals surface area contributed by atoms with Crippen molar-refractivity contribution in [2.75, 3.05) is 13.1 Å². The highest BCUT2D eigenvalue weighted by Crippen LogP contribution is 2.28. The zero-order chi connectivity index (χ0) is 15.2. The maximum atomic E-state index is 13.9. The zero-order valence-electron chi connectivity index (χ0n) is 12.3. The molecule has 2 rings (SSSR count). The Morgan fingerprint density at radius 1 is 1.38 bits per heavy atom. The van der Waals surface area contributed by atoms with Crippen LogP contribution in [0.2, 0.25) is 5.02 Å². The molecule has 1 aromatic carbocycles. The lowest BCUT2D eigenvalue weighted by atomic mass is 10.2. The fraction of sp³-hybridized carbons (Fsp3) is 0.438. The first-order valence-corrected chi connectivity index (χ1v) is 7.55. The summed E-state index contributed by atoms with van der Waals surface area (Å²) in [4.78, 5) is 4.19. The first-order valence-electron chi connectivity index (χ1n) is 7.17. The molecule has 0 bridgehead atoms. The summed E-state index contributed by atoms with van der Waals surface area (Å²) in [5.41, 5.74) is 0.346. The SMILES string of the molecule is CC(C)CNCCCc1ncc(-c2cccc(Cl)c2F)o1. The average molecular weight is 311 g/mol. The molecular formula is C16H20ClFN2O. The molecule has 0 unspecified atom stereocenters. The largest absolute Gasteiger partial charge is 0.441 e. The van der Waals surface area contributed by atoms with Crippen molar-refractivity contribution in [3.63, 3.8) is 0 Å². The Hall–Kier alpha value is -1.39. The summed E-state index contributed by atoms with van der Waals surface area (Å²) in [7, 11) is 0. The van der Waals surface area contributed by atoms with Gasteiger partial charge in [-0.3, -0.25) is 0 Å². The average Bonchev–Trinajstić information content (AvgIpc) is 2.90. The monoisotopic (exact) mass is 310 g/mol. The molecule has 1 aromatic heterocycles. The van der Waals surface area contributed by atoms with Crippen LogP contribution in [0.1, 0.15) is 26.2 Å². The lowest BCUT2D eigenvalue weighted by molar-refractivity contribution is 0.481. The van der Waals surface area contributed by atoms with Crippen LogP contribution in [0.4, 0.5) is 4.39 Å². The van der Waals surface area contributed by atoms with E-state index >= 15 is 0 Å². The van der Waals surface area contributed by atoms with Crippen molar-refractivity contribution in [2.45, 2.75) is 26.7 Å². The van der Waals surface area contributed by atoms with Crippen LogP contribution in [0.3, 0.4) is 0 Å². The van der Waals surface area contributed by atoms with Crippen LogP contribution in [0, 0.1) is 11.7 Å². The molecule has 0 aliphatic rings. The van der Waals surface area contributed by atoms with E-state index in [4.69, 9.17) is 16.0 Å². The minimum atomic E-state index is -0.472. The van der Waals surface area contributed by atoms with Crippen molar-refractivity contribution in [1.29, 1.82) is 0 Å². The van der Waals surface area contributed by atoms with Crippen molar-refractivity contribution in [2.24, 2.45) is 5.92 Å². The molecule has 1 heterocycles. The van der Waals surface area contributed by atoms with E-state index in [0.29, 0.717) is 23.1 Å². The first-order chi connectivity index (χ1) is 10.1. The van der Waals surface area contributed by atoms with Gasteiger partial charge in [0, 0.05) is 6.42 Å². The fourth-order valence-electron chi connectivity index (χ4n) is 2.00. The number of hydrogen-bond acceptors (Lipinski definition) is 3. The second-order valence-corrected chi connectivity index (χ2v) is 5.83. The standard InChI is InChI=1S/C16H20ClFN2O/c1-11(2)9-19-8-4-7-15-20-10-14(21-15)12-5-3-6-13(17)16(12)18/h3,5-6,10-11,19H,4,7-9H2,1-2H3. The quantitative estimate of drug-likeness (QED) is 0.774. The van der Waals surface area contributed by atoms with E-state index in [-0.39, 0.29) is 5.02 Å². The number of aryl methyl sites for hydroxylation is 1. The number of benzene rings is 1. The molecule has 0 atom stereocenters. The second kappa shape index (κ2) is 7.57. The lowest BCUT2D eigenvalue weighted by Crippen LogP contribution is -2.21. The van der Waals surface area contributed by atoms with Crippen LogP contribution in [0.5, 0.6) is 0 Å². The van der Waals surface area contributed by atoms with Gasteiger partial charge in [0.1, 0.15) is 0 Å². The molecule has 114 valence electrons. The Labute approximate surface area is 129 Å². The van der Waals surface area contributed by atoms with Crippen LogP contribution in [-0.2, 0) is 6.42 Å². The van der Waals surface area contributed by atoms with E-state index in [9.17, 15) is 4.39 Å². The number of rotatable bonds is 7. The van der Waals surface area contributed by atoms with E-state index in [1.807, 2.05) is 0 Å². The molecular weight excluding hydrogens is 291 g/mol. The molecule has 2 aromatic rings. The number of nitrogens with zero attached hydrogens (tertiary/aromatic N) is 1. The van der Waals surface area contributed by atoms with Crippen LogP contribution in [-0.4, -0.2) is 18.1 Å². The Balaban J connectivity index is 1.91. The van der Waals surface area contributed by atoms with Crippen LogP contribution < -0.4 is 5.32 Å². The Kier molecular flexibility index (Phi) is 5.76. The van der Waals surface area contributed by atoms with Gasteiger partial charge in [0.15, 0.2) is 17.5 Å². The molecule has 21 heavy (non-hydrogen) atoms. The lowest BCUT2D eigenvalue weighted by Gasteiger charge is -2.05. The Morgan fingerprint density at radius 3 is 2.95 bits per heavy atom. The van der Waals surface area contributed by atoms with Gasteiger partial charge in [0.05, 0.1) is 16.8 Å². The normalized spacial score (nSPS) is 11.3. The van der Waals surface area contributed by atoms with Gasteiger partial charge in [0.25, 0.3) is 0 Å². The van der Waals surface area contributed by atoms with Gasteiger partial charge in [-0.05, 0) is 37.6 Å². The summed E-state index contributed by atoms with van der Waals surface area (Å²) in [6.07, 6.45) is 3.21. The highest BCUT2D eigenvalue weighted by molar-refractivity contribution is 6.31. The first kappa shape index (κ1) is 16.0. The molecule has 0 saturated heterocycles. The highest BCUT2D eigenvalue weighted by atomic mass is 35.5. The van der Waals surface area contributed by atoms with Gasteiger partial charge in [-0.2, -0.15) is 0 Å². The fourth-order valence-corrected chi connectivity index (χ4v) is 2.17. The number of oxazole rings is 1. The summed E-state index contributed by atoms with van der Waals surface area (Å²) in [5.74, 6) is 1.21. The van der Waals surface area contributed by atoms with E-state index in [1.165, 1.54) is 6.07 Å². The zero-order valence-corrected chi connectivity index (χ0v) is 13.1. The minimum absolute atomic E-state index is 0.0864. The summed E-state index contributed by atoms with van der Waals surface area (Å²) in [6, 6.07) is 4.84. The van der Waals surface area contributed by atoms with Crippen molar-refractivity contribution in [3.8, 4) is 11.3 Å². The molecule has 0 radical (unpaired) electrons. The smallest absolute Gasteiger partial charge is 0.194 e. The predicted octanol–water partition coefficient (Wildman–Crippen LogP) is 4.31. The van der Waals surface area contributed by atoms with Gasteiger partial charge < -0.3 is 9.73 Å². The second-order valence-electron chi connectivity index (χ2n) is 5.42. The summed E-state index contributed by atoms with van der Waals surface area (Å²) in [5, 5.41) is 3.45. The van der Waals surface area contributed by atoms with Crippen LogP contribution in [0.15, 0.2) is 28.8 Å². The molecule has 3 nitrogen and oxygen atoms in total. The summed E-state index contributed by atoms with van der Waals surface area (Å²) < 4.78 is 19.5. The topological polar surface area (TPSA) is 38.1 Å². The Morgan fingerprint density at radius 2 is 2.19 bits per heavy atom. The number of aromatic nitrogens is 1. The summed E-state index contributed by atoms with van der Waals surface area (Å²) >= 11 is 5.77.